The fraction of sp³-hybridized carbons (Fsp3) is 0.176. The molecule has 0 saturated carbocycles. The highest BCUT2D eigenvalue weighted by molar-refractivity contribution is 6.05. The first kappa shape index (κ1) is 14.1. The van der Waals surface area contributed by atoms with Gasteiger partial charge in [0.25, 0.3) is 0 Å². The molecule has 3 rings (SSSR count). The summed E-state index contributed by atoms with van der Waals surface area (Å²) in [6, 6.07) is 7.77. The molecule has 1 aromatic carbocycles. The number of carbonyl (C=O) groups excluding carboxylic acids is 2. The van der Waals surface area contributed by atoms with Gasteiger partial charge in [0, 0.05) is 28.2 Å². The predicted octanol–water partition coefficient (Wildman–Crippen LogP) is 3.48. The van der Waals surface area contributed by atoms with Crippen molar-refractivity contribution in [3.05, 3.63) is 48.0 Å². The Labute approximate surface area is 126 Å². The molecule has 0 radical (unpaired) electrons. The number of aryl methyl sites for hydroxylation is 1. The Hall–Kier alpha value is -2.82. The van der Waals surface area contributed by atoms with E-state index >= 15 is 0 Å². The molecule has 0 aliphatic carbocycles. The normalized spacial score (nSPS) is 10.8. The number of carbonyl (C=O) groups is 2. The topological polar surface area (TPSA) is 72.3 Å². The molecule has 0 aliphatic heterocycles. The van der Waals surface area contributed by atoms with E-state index in [0.29, 0.717) is 0 Å². The number of ketones is 1. The van der Waals surface area contributed by atoms with Gasteiger partial charge in [0.05, 0.1) is 13.4 Å². The van der Waals surface area contributed by atoms with Crippen molar-refractivity contribution in [1.29, 1.82) is 0 Å². The summed E-state index contributed by atoms with van der Waals surface area (Å²) in [5.41, 5.74) is 3.92. The highest BCUT2D eigenvalue weighted by Crippen LogP contribution is 2.30. The molecule has 0 bridgehead atoms. The van der Waals surface area contributed by atoms with Gasteiger partial charge in [-0.15, -0.1) is 0 Å². The minimum atomic E-state index is -0.578. The van der Waals surface area contributed by atoms with Crippen LogP contribution in [-0.2, 0) is 9.53 Å². The quantitative estimate of drug-likeness (QED) is 0.454. The molecule has 2 aromatic heterocycles. The number of benzene rings is 1. The van der Waals surface area contributed by atoms with Crippen molar-refractivity contribution in [1.82, 2.24) is 4.98 Å². The molecule has 0 unspecified atom stereocenters. The smallest absolute Gasteiger partial charge is 0.313 e. The number of hydrogen-bond donors (Lipinski definition) is 1. The number of aromatic amines is 1. The lowest BCUT2D eigenvalue weighted by atomic mass is 10.1. The molecule has 1 N–H and O–H groups in total. The first-order valence-electron chi connectivity index (χ1n) is 6.85. The van der Waals surface area contributed by atoms with Gasteiger partial charge in [-0.2, -0.15) is 0 Å². The van der Waals surface area contributed by atoms with E-state index in [2.05, 4.69) is 15.8 Å². The fourth-order valence-corrected chi connectivity index (χ4v) is 2.39. The zero-order valence-electron chi connectivity index (χ0n) is 12.3. The number of H-pyrrole nitrogens is 1. The Kier molecular flexibility index (Phi) is 3.55. The number of aromatic nitrogens is 1. The molecular weight excluding hydrogens is 282 g/mol. The van der Waals surface area contributed by atoms with Crippen LogP contribution < -0.4 is 0 Å². The molecule has 0 spiro atoms. The summed E-state index contributed by atoms with van der Waals surface area (Å²) in [6.45, 7) is 2.02. The molecule has 3 aromatic rings. The summed E-state index contributed by atoms with van der Waals surface area (Å²) in [5, 5.41) is 1.06. The third-order valence-electron chi connectivity index (χ3n) is 3.56. The minimum absolute atomic E-state index is 0.155. The Bertz CT molecular complexity index is 857. The number of ether oxygens (including phenoxy) is 1. The molecule has 5 nitrogen and oxygen atoms in total. The van der Waals surface area contributed by atoms with Crippen molar-refractivity contribution < 1.29 is 18.7 Å². The van der Waals surface area contributed by atoms with Gasteiger partial charge in [-0.3, -0.25) is 9.59 Å². The molecule has 112 valence electrons. The Morgan fingerprint density at radius 2 is 2.09 bits per heavy atom. The van der Waals surface area contributed by atoms with Crippen LogP contribution in [-0.4, -0.2) is 23.8 Å². The van der Waals surface area contributed by atoms with Gasteiger partial charge in [0.15, 0.2) is 5.76 Å². The number of methoxy groups -OCH3 is 1. The van der Waals surface area contributed by atoms with Crippen LogP contribution in [0.2, 0.25) is 0 Å². The number of fused-ring (bicyclic) bond motifs is 1. The second kappa shape index (κ2) is 5.52. The van der Waals surface area contributed by atoms with E-state index < -0.39 is 11.8 Å². The molecule has 0 aliphatic rings. The number of hydrogen-bond acceptors (Lipinski definition) is 4. The van der Waals surface area contributed by atoms with E-state index in [-0.39, 0.29) is 12.2 Å². The molecular formula is C17H15NO4. The summed E-state index contributed by atoms with van der Waals surface area (Å²) in [4.78, 5) is 26.3. The van der Waals surface area contributed by atoms with Gasteiger partial charge in [-0.1, -0.05) is 11.6 Å². The molecule has 22 heavy (non-hydrogen) atoms. The number of furan rings is 1. The lowest BCUT2D eigenvalue weighted by Crippen LogP contribution is -2.08. The molecule has 0 saturated heterocycles. The van der Waals surface area contributed by atoms with E-state index in [1.165, 1.54) is 13.4 Å². The molecule has 5 heteroatoms. The van der Waals surface area contributed by atoms with Crippen LogP contribution in [0.3, 0.4) is 0 Å². The van der Waals surface area contributed by atoms with Crippen LogP contribution >= 0.6 is 0 Å². The first-order chi connectivity index (χ1) is 10.6. The molecule has 2 heterocycles. The van der Waals surface area contributed by atoms with Crippen LogP contribution in [0.1, 0.15) is 22.5 Å². The van der Waals surface area contributed by atoms with Crippen molar-refractivity contribution in [2.75, 3.05) is 7.11 Å². The average Bonchev–Trinajstić information content (AvgIpc) is 3.12. The van der Waals surface area contributed by atoms with Crippen LogP contribution in [0.25, 0.3) is 22.0 Å². The highest BCUT2D eigenvalue weighted by atomic mass is 16.5. The maximum absolute atomic E-state index is 11.9. The third kappa shape index (κ3) is 2.53. The molecule has 0 atom stereocenters. The van der Waals surface area contributed by atoms with Crippen LogP contribution in [0.15, 0.2) is 41.1 Å². The number of esters is 1. The van der Waals surface area contributed by atoms with Gasteiger partial charge in [-0.05, 0) is 25.1 Å². The van der Waals surface area contributed by atoms with E-state index in [1.807, 2.05) is 25.3 Å². The van der Waals surface area contributed by atoms with E-state index in [9.17, 15) is 9.59 Å². The van der Waals surface area contributed by atoms with E-state index in [4.69, 9.17) is 4.42 Å². The predicted molar refractivity (Wildman–Crippen MR) is 81.7 cm³/mol. The van der Waals surface area contributed by atoms with E-state index in [0.717, 1.165) is 27.6 Å². The lowest BCUT2D eigenvalue weighted by molar-refractivity contribution is -0.139. The number of Topliss-reactive ketones (excluding diaryl/α,β-unsaturated/α-hetero) is 1. The van der Waals surface area contributed by atoms with Gasteiger partial charge in [-0.25, -0.2) is 0 Å². The number of nitrogens with one attached hydrogen (secondary N) is 1. The second-order valence-corrected chi connectivity index (χ2v) is 5.13. The first-order valence-corrected chi connectivity index (χ1v) is 6.85. The number of rotatable bonds is 4. The van der Waals surface area contributed by atoms with Gasteiger partial charge < -0.3 is 14.1 Å². The van der Waals surface area contributed by atoms with Gasteiger partial charge >= 0.3 is 5.97 Å². The summed E-state index contributed by atoms with van der Waals surface area (Å²) < 4.78 is 9.79. The maximum atomic E-state index is 11.9. The molecule has 0 fully saturated rings. The van der Waals surface area contributed by atoms with Crippen molar-refractivity contribution in [3.8, 4) is 11.1 Å². The second-order valence-electron chi connectivity index (χ2n) is 5.13. The maximum Gasteiger partial charge on any atom is 0.313 e. The summed E-state index contributed by atoms with van der Waals surface area (Å²) >= 11 is 0. The standard InChI is InChI=1S/C17H15NO4/c1-10-3-4-14-12(5-10)13(8-18-14)11-6-16(22-9-11)15(19)7-17(20)21-2/h3-6,8-9,18H,7H2,1-2H3. The Balaban J connectivity index is 1.94. The Morgan fingerprint density at radius 1 is 1.27 bits per heavy atom. The van der Waals surface area contributed by atoms with Crippen molar-refractivity contribution >= 4 is 22.7 Å². The minimum Gasteiger partial charge on any atom is -0.469 e. The van der Waals surface area contributed by atoms with Crippen LogP contribution in [0.5, 0.6) is 0 Å². The molecule has 0 amide bonds. The zero-order valence-corrected chi connectivity index (χ0v) is 12.3. The van der Waals surface area contributed by atoms with E-state index in [1.54, 1.807) is 6.07 Å². The van der Waals surface area contributed by atoms with Crippen molar-refractivity contribution in [2.24, 2.45) is 0 Å². The monoisotopic (exact) mass is 297 g/mol. The lowest BCUT2D eigenvalue weighted by Gasteiger charge is -1.96. The van der Waals surface area contributed by atoms with Crippen molar-refractivity contribution in [2.45, 2.75) is 13.3 Å². The largest absolute Gasteiger partial charge is 0.469 e. The van der Waals surface area contributed by atoms with Crippen LogP contribution in [0, 0.1) is 6.92 Å². The van der Waals surface area contributed by atoms with Gasteiger partial charge in [0.1, 0.15) is 6.42 Å². The fourth-order valence-electron chi connectivity index (χ4n) is 2.39. The third-order valence-corrected chi connectivity index (χ3v) is 3.56. The van der Waals surface area contributed by atoms with Gasteiger partial charge in [0.2, 0.25) is 5.78 Å². The average molecular weight is 297 g/mol. The summed E-state index contributed by atoms with van der Waals surface area (Å²) in [7, 11) is 1.25. The summed E-state index contributed by atoms with van der Waals surface area (Å²) in [5.74, 6) is -0.817. The zero-order chi connectivity index (χ0) is 15.7. The van der Waals surface area contributed by atoms with Crippen molar-refractivity contribution in [3.63, 3.8) is 0 Å². The Morgan fingerprint density at radius 3 is 2.86 bits per heavy atom. The van der Waals surface area contributed by atoms with Crippen LogP contribution in [0.4, 0.5) is 0 Å². The summed E-state index contributed by atoms with van der Waals surface area (Å²) in [6.07, 6.45) is 3.08. The highest BCUT2D eigenvalue weighted by Gasteiger charge is 2.17. The SMILES string of the molecule is COC(=O)CC(=O)c1cc(-c2c[nH]c3ccc(C)cc23)co1.